The lowest BCUT2D eigenvalue weighted by molar-refractivity contribution is -0.130. The van der Waals surface area contributed by atoms with Gasteiger partial charge in [-0.25, -0.2) is 0 Å². The Hall–Kier alpha value is -2.58. The lowest BCUT2D eigenvalue weighted by Crippen LogP contribution is -2.57. The standard InChI is InChI=1S/C28H29NO5S2/c1-15(30)14-33-23-11-18(10-22(12-23)32-2)24-4-3-21(34-24)13-25-27(31)29(28(35)36-25)26-19-6-16-5-17(8-19)9-20(26)7-16/h3-4,10-13,16-17,19-20,26H,5-9,14H2,1-2H3/b25-13-. The number of carbonyl (C=O) groups excluding carboxylic acids is 2. The summed E-state index contributed by atoms with van der Waals surface area (Å²) in [6, 6.07) is 9.34. The van der Waals surface area contributed by atoms with Gasteiger partial charge in [0.15, 0.2) is 5.78 Å². The highest BCUT2D eigenvalue weighted by atomic mass is 32.2. The van der Waals surface area contributed by atoms with Crippen molar-refractivity contribution >= 4 is 46.1 Å². The van der Waals surface area contributed by atoms with Crippen LogP contribution < -0.4 is 9.47 Å². The predicted molar refractivity (Wildman–Crippen MR) is 143 cm³/mol. The molecule has 0 radical (unpaired) electrons. The van der Waals surface area contributed by atoms with Crippen LogP contribution in [-0.4, -0.2) is 40.7 Å². The average molecular weight is 524 g/mol. The molecule has 0 N–H and O–H groups in total. The Bertz CT molecular complexity index is 1240. The number of methoxy groups -OCH3 is 1. The fourth-order valence-corrected chi connectivity index (χ4v) is 8.20. The molecule has 1 aromatic heterocycles. The molecule has 0 unspecified atom stereocenters. The molecule has 7 rings (SSSR count). The summed E-state index contributed by atoms with van der Waals surface area (Å²) in [6.07, 6.45) is 8.16. The molecule has 5 aliphatic rings. The Labute approximate surface area is 220 Å². The van der Waals surface area contributed by atoms with Crippen molar-refractivity contribution in [2.24, 2.45) is 23.7 Å². The van der Waals surface area contributed by atoms with E-state index in [1.807, 2.05) is 23.1 Å². The van der Waals surface area contributed by atoms with Crippen molar-refractivity contribution in [2.75, 3.05) is 13.7 Å². The highest BCUT2D eigenvalue weighted by Crippen LogP contribution is 2.56. The number of nitrogens with zero attached hydrogens (tertiary/aromatic N) is 1. The molecular formula is C28H29NO5S2. The number of thioether (sulfide) groups is 1. The minimum Gasteiger partial charge on any atom is -0.497 e. The van der Waals surface area contributed by atoms with Crippen LogP contribution in [0.25, 0.3) is 17.4 Å². The molecule has 1 aromatic carbocycles. The summed E-state index contributed by atoms with van der Waals surface area (Å²) in [7, 11) is 1.58. The van der Waals surface area contributed by atoms with Crippen LogP contribution in [0.4, 0.5) is 0 Å². The number of thiocarbonyl (C=S) groups is 1. The monoisotopic (exact) mass is 523 g/mol. The Morgan fingerprint density at radius 2 is 1.81 bits per heavy atom. The van der Waals surface area contributed by atoms with Gasteiger partial charge in [0.1, 0.15) is 33.9 Å². The molecule has 2 heterocycles. The Morgan fingerprint density at radius 1 is 1.11 bits per heavy atom. The van der Waals surface area contributed by atoms with Gasteiger partial charge in [-0.1, -0.05) is 24.0 Å². The number of ether oxygens (including phenoxy) is 2. The smallest absolute Gasteiger partial charge is 0.266 e. The SMILES string of the molecule is COc1cc(OCC(C)=O)cc(-c2ccc(/C=C3\SC(=S)N(C4C5CC6CC(C5)CC4C6)C3=O)o2)c1. The number of furan rings is 1. The third-order valence-electron chi connectivity index (χ3n) is 8.04. The van der Waals surface area contributed by atoms with E-state index < -0.39 is 0 Å². The van der Waals surface area contributed by atoms with Crippen LogP contribution in [0.3, 0.4) is 0 Å². The minimum absolute atomic E-state index is 0.0120. The second-order valence-corrected chi connectivity index (χ2v) is 12.2. The highest BCUT2D eigenvalue weighted by Gasteiger charge is 2.53. The lowest BCUT2D eigenvalue weighted by atomic mass is 9.54. The van der Waals surface area contributed by atoms with Crippen molar-refractivity contribution in [3.05, 3.63) is 41.0 Å². The molecule has 0 spiro atoms. The van der Waals surface area contributed by atoms with E-state index in [9.17, 15) is 9.59 Å². The zero-order valence-corrected chi connectivity index (χ0v) is 22.0. The van der Waals surface area contributed by atoms with E-state index in [1.165, 1.54) is 50.8 Å². The van der Waals surface area contributed by atoms with Gasteiger partial charge in [0.05, 0.1) is 12.0 Å². The number of Topliss-reactive ketones (excluding diaryl/α,β-unsaturated/α-hetero) is 1. The van der Waals surface area contributed by atoms with E-state index in [4.69, 9.17) is 26.1 Å². The number of rotatable bonds is 7. The van der Waals surface area contributed by atoms with Crippen LogP contribution in [0.1, 0.15) is 44.8 Å². The third-order valence-corrected chi connectivity index (χ3v) is 9.37. The van der Waals surface area contributed by atoms with Crippen molar-refractivity contribution in [2.45, 2.75) is 45.1 Å². The molecule has 4 aliphatic carbocycles. The molecule has 5 fully saturated rings. The molecular weight excluding hydrogens is 494 g/mol. The maximum atomic E-state index is 13.5. The second-order valence-electron chi connectivity index (χ2n) is 10.6. The summed E-state index contributed by atoms with van der Waals surface area (Å²) in [4.78, 5) is 27.4. The number of ketones is 1. The molecule has 4 saturated carbocycles. The normalized spacial score (nSPS) is 29.9. The van der Waals surface area contributed by atoms with Crippen LogP contribution in [-0.2, 0) is 9.59 Å². The summed E-state index contributed by atoms with van der Waals surface area (Å²) < 4.78 is 17.7. The van der Waals surface area contributed by atoms with E-state index in [2.05, 4.69) is 0 Å². The van der Waals surface area contributed by atoms with Gasteiger partial charge >= 0.3 is 0 Å². The Kier molecular flexibility index (Phi) is 6.20. The van der Waals surface area contributed by atoms with Crippen molar-refractivity contribution in [1.29, 1.82) is 0 Å². The summed E-state index contributed by atoms with van der Waals surface area (Å²) in [5, 5.41) is 0. The molecule has 36 heavy (non-hydrogen) atoms. The van der Waals surface area contributed by atoms with Crippen LogP contribution in [0.15, 0.2) is 39.7 Å². The number of hydrogen-bond acceptors (Lipinski definition) is 7. The molecule has 1 amide bonds. The predicted octanol–water partition coefficient (Wildman–Crippen LogP) is 5.95. The van der Waals surface area contributed by atoms with E-state index in [0.29, 0.717) is 44.1 Å². The minimum atomic E-state index is -0.0642. The van der Waals surface area contributed by atoms with Crippen molar-refractivity contribution in [3.8, 4) is 22.8 Å². The number of hydrogen-bond donors (Lipinski definition) is 0. The quantitative estimate of drug-likeness (QED) is 0.328. The molecule has 2 aromatic rings. The average Bonchev–Trinajstić information content (AvgIpc) is 3.42. The van der Waals surface area contributed by atoms with Gasteiger partial charge in [0, 0.05) is 23.7 Å². The summed E-state index contributed by atoms with van der Waals surface area (Å²) in [5.41, 5.74) is 0.758. The summed E-state index contributed by atoms with van der Waals surface area (Å²) >= 11 is 7.10. The fourth-order valence-electron chi connectivity index (χ4n) is 6.87. The molecule has 6 nitrogen and oxygen atoms in total. The van der Waals surface area contributed by atoms with Crippen LogP contribution in [0.5, 0.6) is 11.5 Å². The molecule has 1 aliphatic heterocycles. The first-order valence-electron chi connectivity index (χ1n) is 12.6. The van der Waals surface area contributed by atoms with Gasteiger partial charge in [-0.2, -0.15) is 0 Å². The van der Waals surface area contributed by atoms with Crippen molar-refractivity contribution in [1.82, 2.24) is 4.90 Å². The third kappa shape index (κ3) is 4.39. The van der Waals surface area contributed by atoms with E-state index in [1.54, 1.807) is 25.3 Å². The first-order valence-corrected chi connectivity index (χ1v) is 13.8. The van der Waals surface area contributed by atoms with Crippen LogP contribution in [0.2, 0.25) is 0 Å². The number of amides is 1. The molecule has 188 valence electrons. The summed E-state index contributed by atoms with van der Waals surface area (Å²) in [5.74, 6) is 5.15. The van der Waals surface area contributed by atoms with E-state index in [0.717, 1.165) is 17.4 Å². The first kappa shape index (κ1) is 23.8. The Balaban J connectivity index is 1.22. The van der Waals surface area contributed by atoms with Crippen molar-refractivity contribution < 1.29 is 23.5 Å². The van der Waals surface area contributed by atoms with Gasteiger partial charge in [0.25, 0.3) is 5.91 Å². The lowest BCUT2D eigenvalue weighted by Gasteiger charge is -2.56. The van der Waals surface area contributed by atoms with E-state index >= 15 is 0 Å². The molecule has 1 saturated heterocycles. The maximum absolute atomic E-state index is 13.5. The van der Waals surface area contributed by atoms with Gasteiger partial charge < -0.3 is 13.9 Å². The van der Waals surface area contributed by atoms with Gasteiger partial charge in [0.2, 0.25) is 0 Å². The molecule has 4 bridgehead atoms. The van der Waals surface area contributed by atoms with E-state index in [-0.39, 0.29) is 24.3 Å². The maximum Gasteiger partial charge on any atom is 0.266 e. The fraction of sp³-hybridized carbons (Fsp3) is 0.464. The van der Waals surface area contributed by atoms with Gasteiger partial charge in [-0.05, 0) is 87.0 Å². The van der Waals surface area contributed by atoms with Crippen LogP contribution in [0, 0.1) is 23.7 Å². The Morgan fingerprint density at radius 3 is 2.47 bits per heavy atom. The molecule has 0 atom stereocenters. The molecule has 8 heteroatoms. The summed E-state index contributed by atoms with van der Waals surface area (Å²) in [6.45, 7) is 1.47. The topological polar surface area (TPSA) is 69.0 Å². The second kappa shape index (κ2) is 9.38. The van der Waals surface area contributed by atoms with Gasteiger partial charge in [-0.3, -0.25) is 14.5 Å². The van der Waals surface area contributed by atoms with Crippen molar-refractivity contribution in [3.63, 3.8) is 0 Å². The van der Waals surface area contributed by atoms with Gasteiger partial charge in [-0.15, -0.1) is 0 Å². The first-order chi connectivity index (χ1) is 17.4. The van der Waals surface area contributed by atoms with Crippen LogP contribution >= 0.6 is 24.0 Å². The number of benzene rings is 1. The largest absolute Gasteiger partial charge is 0.497 e. The number of carbonyl (C=O) groups is 2. The highest BCUT2D eigenvalue weighted by molar-refractivity contribution is 8.26. The zero-order valence-electron chi connectivity index (χ0n) is 20.4. The zero-order chi connectivity index (χ0) is 25.0.